The van der Waals surface area contributed by atoms with E-state index < -0.39 is 0 Å². The first-order valence-electron chi connectivity index (χ1n) is 7.46. The van der Waals surface area contributed by atoms with Gasteiger partial charge in [-0.25, -0.2) is 4.98 Å². The van der Waals surface area contributed by atoms with E-state index in [4.69, 9.17) is 0 Å². The van der Waals surface area contributed by atoms with Crippen molar-refractivity contribution in [3.63, 3.8) is 0 Å². The molecule has 0 saturated heterocycles. The van der Waals surface area contributed by atoms with Gasteiger partial charge in [0, 0.05) is 12.5 Å². The molecule has 1 aliphatic rings. The number of rotatable bonds is 4. The SMILES string of the molecule is CCc1n[nH]c(CN(C)[C@@H]2CCCc3ccccc32)n1. The molecule has 0 unspecified atom stereocenters. The lowest BCUT2D eigenvalue weighted by atomic mass is 9.87. The zero-order valence-corrected chi connectivity index (χ0v) is 12.3. The standard InChI is InChI=1S/C16H22N4/c1-3-15-17-16(19-18-15)11-20(2)14-10-6-8-12-7-4-5-9-13(12)14/h4-5,7,9,14H,3,6,8,10-11H2,1-2H3,(H,17,18,19)/t14-/m1/s1. The topological polar surface area (TPSA) is 44.8 Å². The number of benzene rings is 1. The van der Waals surface area contributed by atoms with Gasteiger partial charge in [0.2, 0.25) is 0 Å². The van der Waals surface area contributed by atoms with Crippen molar-refractivity contribution in [1.82, 2.24) is 20.1 Å². The van der Waals surface area contributed by atoms with E-state index in [9.17, 15) is 0 Å². The van der Waals surface area contributed by atoms with Crippen molar-refractivity contribution in [3.8, 4) is 0 Å². The van der Waals surface area contributed by atoms with Crippen LogP contribution in [0.15, 0.2) is 24.3 Å². The summed E-state index contributed by atoms with van der Waals surface area (Å²) in [5.74, 6) is 1.87. The lowest BCUT2D eigenvalue weighted by Crippen LogP contribution is -2.27. The molecule has 0 aliphatic heterocycles. The van der Waals surface area contributed by atoms with Crippen LogP contribution in [0.5, 0.6) is 0 Å². The Kier molecular flexibility index (Phi) is 3.83. The maximum absolute atomic E-state index is 4.51. The first kappa shape index (κ1) is 13.3. The van der Waals surface area contributed by atoms with Crippen LogP contribution in [0.2, 0.25) is 0 Å². The largest absolute Gasteiger partial charge is 0.292 e. The Hall–Kier alpha value is -1.68. The van der Waals surface area contributed by atoms with Crippen molar-refractivity contribution < 1.29 is 0 Å². The average molecular weight is 270 g/mol. The minimum Gasteiger partial charge on any atom is -0.292 e. The molecular formula is C16H22N4. The lowest BCUT2D eigenvalue weighted by molar-refractivity contribution is 0.208. The predicted molar refractivity (Wildman–Crippen MR) is 79.3 cm³/mol. The summed E-state index contributed by atoms with van der Waals surface area (Å²) >= 11 is 0. The van der Waals surface area contributed by atoms with Gasteiger partial charge >= 0.3 is 0 Å². The van der Waals surface area contributed by atoms with E-state index in [1.54, 1.807) is 0 Å². The molecular weight excluding hydrogens is 248 g/mol. The second-order valence-electron chi connectivity index (χ2n) is 5.57. The van der Waals surface area contributed by atoms with E-state index in [1.165, 1.54) is 30.4 Å². The fourth-order valence-electron chi connectivity index (χ4n) is 3.10. The van der Waals surface area contributed by atoms with Crippen LogP contribution < -0.4 is 0 Å². The van der Waals surface area contributed by atoms with Crippen molar-refractivity contribution >= 4 is 0 Å². The highest BCUT2D eigenvalue weighted by Crippen LogP contribution is 2.33. The predicted octanol–water partition coefficient (Wildman–Crippen LogP) is 2.88. The van der Waals surface area contributed by atoms with Gasteiger partial charge in [-0.3, -0.25) is 10.00 Å². The molecule has 3 rings (SSSR count). The number of hydrogen-bond acceptors (Lipinski definition) is 3. The van der Waals surface area contributed by atoms with Crippen LogP contribution in [0.4, 0.5) is 0 Å². The van der Waals surface area contributed by atoms with Gasteiger partial charge in [-0.1, -0.05) is 31.2 Å². The number of aryl methyl sites for hydroxylation is 2. The van der Waals surface area contributed by atoms with Gasteiger partial charge in [0.15, 0.2) is 0 Å². The summed E-state index contributed by atoms with van der Waals surface area (Å²) < 4.78 is 0. The summed E-state index contributed by atoms with van der Waals surface area (Å²) in [4.78, 5) is 6.90. The van der Waals surface area contributed by atoms with Crippen LogP contribution in [0.3, 0.4) is 0 Å². The Morgan fingerprint density at radius 2 is 2.20 bits per heavy atom. The summed E-state index contributed by atoms with van der Waals surface area (Å²) in [5.41, 5.74) is 2.99. The molecule has 0 bridgehead atoms. The van der Waals surface area contributed by atoms with E-state index in [-0.39, 0.29) is 0 Å². The molecule has 4 nitrogen and oxygen atoms in total. The molecule has 2 aromatic rings. The van der Waals surface area contributed by atoms with E-state index in [2.05, 4.69) is 58.3 Å². The Bertz CT molecular complexity index is 575. The van der Waals surface area contributed by atoms with Crippen molar-refractivity contribution in [1.29, 1.82) is 0 Å². The maximum atomic E-state index is 4.51. The van der Waals surface area contributed by atoms with Gasteiger partial charge in [0.1, 0.15) is 11.6 Å². The maximum Gasteiger partial charge on any atom is 0.150 e. The fraction of sp³-hybridized carbons (Fsp3) is 0.500. The monoisotopic (exact) mass is 270 g/mol. The Balaban J connectivity index is 1.76. The Morgan fingerprint density at radius 1 is 1.35 bits per heavy atom. The highest BCUT2D eigenvalue weighted by molar-refractivity contribution is 5.32. The molecule has 0 amide bonds. The zero-order chi connectivity index (χ0) is 13.9. The number of nitrogens with zero attached hydrogens (tertiary/aromatic N) is 3. The summed E-state index contributed by atoms with van der Waals surface area (Å²) in [7, 11) is 2.18. The molecule has 20 heavy (non-hydrogen) atoms. The quantitative estimate of drug-likeness (QED) is 0.929. The second kappa shape index (κ2) is 5.75. The van der Waals surface area contributed by atoms with Gasteiger partial charge in [0.25, 0.3) is 0 Å². The van der Waals surface area contributed by atoms with Gasteiger partial charge in [-0.2, -0.15) is 5.10 Å². The number of nitrogens with one attached hydrogen (secondary N) is 1. The smallest absolute Gasteiger partial charge is 0.150 e. The molecule has 4 heteroatoms. The fourth-order valence-corrected chi connectivity index (χ4v) is 3.10. The van der Waals surface area contributed by atoms with Crippen molar-refractivity contribution in [2.45, 2.75) is 45.2 Å². The molecule has 1 N–H and O–H groups in total. The zero-order valence-electron chi connectivity index (χ0n) is 12.3. The molecule has 106 valence electrons. The third-order valence-corrected chi connectivity index (χ3v) is 4.16. The normalized spacial score (nSPS) is 18.2. The highest BCUT2D eigenvalue weighted by atomic mass is 15.2. The third-order valence-electron chi connectivity index (χ3n) is 4.16. The number of H-pyrrole nitrogens is 1. The van der Waals surface area contributed by atoms with E-state index >= 15 is 0 Å². The van der Waals surface area contributed by atoms with E-state index in [0.29, 0.717) is 6.04 Å². The summed E-state index contributed by atoms with van der Waals surface area (Å²) in [6.45, 7) is 2.90. The van der Waals surface area contributed by atoms with Gasteiger partial charge < -0.3 is 0 Å². The molecule has 1 aliphatic carbocycles. The van der Waals surface area contributed by atoms with Crippen LogP contribution >= 0.6 is 0 Å². The van der Waals surface area contributed by atoms with E-state index in [0.717, 1.165) is 24.6 Å². The first-order chi connectivity index (χ1) is 9.78. The number of fused-ring (bicyclic) bond motifs is 1. The minimum absolute atomic E-state index is 0.495. The van der Waals surface area contributed by atoms with Crippen molar-refractivity contribution in [3.05, 3.63) is 47.0 Å². The second-order valence-corrected chi connectivity index (χ2v) is 5.57. The third kappa shape index (κ3) is 2.61. The van der Waals surface area contributed by atoms with Crippen LogP contribution in [0.25, 0.3) is 0 Å². The average Bonchev–Trinajstić information content (AvgIpc) is 2.94. The Labute approximate surface area is 120 Å². The van der Waals surface area contributed by atoms with Gasteiger partial charge in [0.05, 0.1) is 6.54 Å². The lowest BCUT2D eigenvalue weighted by Gasteiger charge is -2.32. The molecule has 0 fully saturated rings. The van der Waals surface area contributed by atoms with Crippen LogP contribution in [-0.2, 0) is 19.4 Å². The molecule has 1 aromatic carbocycles. The summed E-state index contributed by atoms with van der Waals surface area (Å²) in [5, 5.41) is 7.26. The van der Waals surface area contributed by atoms with Crippen LogP contribution in [0.1, 0.15) is 48.6 Å². The van der Waals surface area contributed by atoms with Crippen LogP contribution in [-0.4, -0.2) is 27.1 Å². The minimum atomic E-state index is 0.495. The van der Waals surface area contributed by atoms with Gasteiger partial charge in [-0.15, -0.1) is 0 Å². The molecule has 1 atom stereocenters. The molecule has 0 radical (unpaired) electrons. The molecule has 0 spiro atoms. The first-order valence-corrected chi connectivity index (χ1v) is 7.46. The molecule has 1 aromatic heterocycles. The summed E-state index contributed by atoms with van der Waals surface area (Å²) in [6.07, 6.45) is 4.58. The number of aromatic nitrogens is 3. The Morgan fingerprint density at radius 3 is 3.00 bits per heavy atom. The number of aromatic amines is 1. The highest BCUT2D eigenvalue weighted by Gasteiger charge is 2.23. The molecule has 0 saturated carbocycles. The van der Waals surface area contributed by atoms with E-state index in [1.807, 2.05) is 0 Å². The number of hydrogen-bond donors (Lipinski definition) is 1. The van der Waals surface area contributed by atoms with Gasteiger partial charge in [-0.05, 0) is 37.4 Å². The summed E-state index contributed by atoms with van der Waals surface area (Å²) in [6, 6.07) is 9.32. The van der Waals surface area contributed by atoms with Crippen molar-refractivity contribution in [2.75, 3.05) is 7.05 Å². The molecule has 1 heterocycles. The van der Waals surface area contributed by atoms with Crippen LogP contribution in [0, 0.1) is 0 Å². The van der Waals surface area contributed by atoms with Crippen molar-refractivity contribution in [2.24, 2.45) is 0 Å².